The van der Waals surface area contributed by atoms with Crippen LogP contribution in [-0.4, -0.2) is 65.0 Å². The molecule has 0 aromatic carbocycles. The zero-order valence-electron chi connectivity index (χ0n) is 15.0. The second-order valence-corrected chi connectivity index (χ2v) is 8.94. The van der Waals surface area contributed by atoms with Crippen LogP contribution in [0, 0.1) is 5.41 Å². The summed E-state index contributed by atoms with van der Waals surface area (Å²) in [5.41, 5.74) is 0.0821. The number of alkyl halides is 3. The minimum Gasteiger partial charge on any atom is -0.481 e. The van der Waals surface area contributed by atoms with E-state index in [-0.39, 0.29) is 23.8 Å². The minimum absolute atomic E-state index is 0.0140. The molecule has 7 nitrogen and oxygen atoms in total. The van der Waals surface area contributed by atoms with Crippen molar-refractivity contribution in [2.45, 2.75) is 45.4 Å². The van der Waals surface area contributed by atoms with E-state index in [1.165, 1.54) is 10.8 Å². The van der Waals surface area contributed by atoms with Crippen molar-refractivity contribution in [3.05, 3.63) is 0 Å². The first-order chi connectivity index (χ1) is 12.4. The summed E-state index contributed by atoms with van der Waals surface area (Å²) in [4.78, 5) is 31.0. The Balaban J connectivity index is 0.000000821. The van der Waals surface area contributed by atoms with Gasteiger partial charge >= 0.3 is 18.1 Å². The molecule has 27 heavy (non-hydrogen) atoms. The van der Waals surface area contributed by atoms with Crippen molar-refractivity contribution in [3.8, 4) is 0 Å². The van der Waals surface area contributed by atoms with Crippen molar-refractivity contribution in [1.29, 1.82) is 0 Å². The number of carbonyl (C=O) groups is 3. The Labute approximate surface area is 163 Å². The van der Waals surface area contributed by atoms with Gasteiger partial charge in [-0.1, -0.05) is 35.4 Å². The van der Waals surface area contributed by atoms with Crippen LogP contribution in [0.1, 0.15) is 33.1 Å². The number of hydrogen-bond acceptors (Lipinski definition) is 6. The number of ether oxygens (including phenoxy) is 1. The normalized spacial score (nSPS) is 18.3. The van der Waals surface area contributed by atoms with Crippen molar-refractivity contribution in [2.24, 2.45) is 5.41 Å². The van der Waals surface area contributed by atoms with E-state index in [2.05, 4.69) is 19.2 Å². The van der Waals surface area contributed by atoms with Crippen molar-refractivity contribution in [1.82, 2.24) is 5.32 Å². The molecule has 1 saturated heterocycles. The standard InChI is InChI=1S/C13H23NO4S2.C2HF3O2/c1-13(2)4-6-18-10(13)9-11(15)14-5-8-20-19-7-3-12(16)17;3-2(4,5)1(6)7/h10H,3-9H2,1-2H3,(H,14,15)(H,16,17);(H,6,7). The first-order valence-electron chi connectivity index (χ1n) is 8.01. The van der Waals surface area contributed by atoms with Crippen LogP contribution in [0.4, 0.5) is 13.2 Å². The van der Waals surface area contributed by atoms with Crippen LogP contribution in [-0.2, 0) is 19.1 Å². The van der Waals surface area contributed by atoms with Gasteiger partial charge in [-0.15, -0.1) is 0 Å². The Morgan fingerprint density at radius 1 is 1.19 bits per heavy atom. The van der Waals surface area contributed by atoms with Gasteiger partial charge < -0.3 is 20.3 Å². The van der Waals surface area contributed by atoms with E-state index in [0.717, 1.165) is 18.8 Å². The molecule has 1 unspecified atom stereocenters. The van der Waals surface area contributed by atoms with Crippen LogP contribution in [0.25, 0.3) is 0 Å². The van der Waals surface area contributed by atoms with Gasteiger partial charge in [-0.05, 0) is 11.8 Å². The zero-order chi connectivity index (χ0) is 21.1. The van der Waals surface area contributed by atoms with E-state index in [1.54, 1.807) is 10.8 Å². The fourth-order valence-corrected chi connectivity index (χ4v) is 3.79. The van der Waals surface area contributed by atoms with Crippen molar-refractivity contribution in [2.75, 3.05) is 24.7 Å². The molecule has 0 spiro atoms. The van der Waals surface area contributed by atoms with Crippen molar-refractivity contribution in [3.63, 3.8) is 0 Å². The van der Waals surface area contributed by atoms with E-state index in [9.17, 15) is 22.8 Å². The summed E-state index contributed by atoms with van der Waals surface area (Å²) in [6, 6.07) is 0. The highest BCUT2D eigenvalue weighted by atomic mass is 33.1. The van der Waals surface area contributed by atoms with Gasteiger partial charge in [-0.2, -0.15) is 13.2 Å². The highest BCUT2D eigenvalue weighted by molar-refractivity contribution is 8.76. The van der Waals surface area contributed by atoms with Gasteiger partial charge in [0.05, 0.1) is 18.9 Å². The average molecular weight is 435 g/mol. The molecule has 0 radical (unpaired) electrons. The maximum atomic E-state index is 11.8. The van der Waals surface area contributed by atoms with Crippen molar-refractivity contribution < 1.29 is 42.5 Å². The molecule has 158 valence electrons. The number of rotatable bonds is 9. The number of amides is 1. The molecule has 0 bridgehead atoms. The van der Waals surface area contributed by atoms with Crippen LogP contribution < -0.4 is 5.32 Å². The van der Waals surface area contributed by atoms with Crippen LogP contribution in [0.5, 0.6) is 0 Å². The van der Waals surface area contributed by atoms with E-state index >= 15 is 0 Å². The lowest BCUT2D eigenvalue weighted by molar-refractivity contribution is -0.192. The maximum Gasteiger partial charge on any atom is 0.490 e. The van der Waals surface area contributed by atoms with Crippen LogP contribution >= 0.6 is 21.6 Å². The SMILES string of the molecule is CC1(C)CCOC1CC(=O)NCCSSCCC(=O)O.O=C(O)C(F)(F)F. The Kier molecular flexibility index (Phi) is 11.8. The van der Waals surface area contributed by atoms with Crippen LogP contribution in [0.2, 0.25) is 0 Å². The molecule has 12 heteroatoms. The molecule has 1 heterocycles. The molecular weight excluding hydrogens is 411 g/mol. The highest BCUT2D eigenvalue weighted by Gasteiger charge is 2.38. The Morgan fingerprint density at radius 2 is 1.74 bits per heavy atom. The fourth-order valence-electron chi connectivity index (χ4n) is 1.91. The topological polar surface area (TPSA) is 113 Å². The summed E-state index contributed by atoms with van der Waals surface area (Å²) < 4.78 is 37.3. The average Bonchev–Trinajstić information content (AvgIpc) is 2.84. The minimum atomic E-state index is -5.08. The summed E-state index contributed by atoms with van der Waals surface area (Å²) in [5.74, 6) is -2.12. The van der Waals surface area contributed by atoms with Crippen LogP contribution in [0.15, 0.2) is 0 Å². The summed E-state index contributed by atoms with van der Waals surface area (Å²) in [6.07, 6.45) is -3.47. The zero-order valence-corrected chi connectivity index (χ0v) is 16.6. The molecule has 0 saturated carbocycles. The van der Waals surface area contributed by atoms with Gasteiger partial charge in [-0.3, -0.25) is 9.59 Å². The highest BCUT2D eigenvalue weighted by Crippen LogP contribution is 2.35. The van der Waals surface area contributed by atoms with Gasteiger partial charge in [0.2, 0.25) is 5.91 Å². The third-order valence-corrected chi connectivity index (χ3v) is 5.95. The number of carboxylic acid groups (broad SMARTS) is 2. The molecule has 1 fully saturated rings. The lowest BCUT2D eigenvalue weighted by Gasteiger charge is -2.24. The number of carboxylic acids is 2. The van der Waals surface area contributed by atoms with E-state index in [0.29, 0.717) is 18.7 Å². The molecule has 0 aromatic heterocycles. The Morgan fingerprint density at radius 3 is 2.19 bits per heavy atom. The summed E-state index contributed by atoms with van der Waals surface area (Å²) in [6.45, 7) is 5.61. The quantitative estimate of drug-likeness (QED) is 0.374. The Bertz CT molecular complexity index is 502. The number of aliphatic carboxylic acids is 2. The molecule has 1 amide bonds. The number of carbonyl (C=O) groups excluding carboxylic acids is 1. The first kappa shape index (κ1) is 25.9. The lowest BCUT2D eigenvalue weighted by Crippen LogP contribution is -2.34. The lowest BCUT2D eigenvalue weighted by atomic mass is 9.84. The molecule has 1 rings (SSSR count). The molecule has 1 aliphatic heterocycles. The van der Waals surface area contributed by atoms with E-state index in [1.807, 2.05) is 0 Å². The second kappa shape index (κ2) is 12.3. The number of hydrogen-bond donors (Lipinski definition) is 3. The summed E-state index contributed by atoms with van der Waals surface area (Å²) in [5, 5.41) is 18.5. The predicted molar refractivity (Wildman–Crippen MR) is 96.6 cm³/mol. The van der Waals surface area contributed by atoms with E-state index < -0.39 is 18.1 Å². The molecule has 0 aliphatic carbocycles. The monoisotopic (exact) mass is 435 g/mol. The molecule has 0 aromatic rings. The molecule has 3 N–H and O–H groups in total. The Hall–Kier alpha value is -1.14. The van der Waals surface area contributed by atoms with Gasteiger partial charge in [0.25, 0.3) is 0 Å². The van der Waals surface area contributed by atoms with Gasteiger partial charge in [0.1, 0.15) is 0 Å². The molecule has 1 aliphatic rings. The van der Waals surface area contributed by atoms with Crippen molar-refractivity contribution >= 4 is 39.4 Å². The molecular formula is C15H24F3NO6S2. The first-order valence-corrected chi connectivity index (χ1v) is 10.5. The second-order valence-electron chi connectivity index (χ2n) is 6.24. The predicted octanol–water partition coefficient (Wildman–Crippen LogP) is 2.80. The smallest absolute Gasteiger partial charge is 0.481 e. The third kappa shape index (κ3) is 12.8. The summed E-state index contributed by atoms with van der Waals surface area (Å²) in [7, 11) is 3.11. The van der Waals surface area contributed by atoms with Crippen LogP contribution in [0.3, 0.4) is 0 Å². The maximum absolute atomic E-state index is 11.8. The molecule has 1 atom stereocenters. The fraction of sp³-hybridized carbons (Fsp3) is 0.800. The van der Waals surface area contributed by atoms with Gasteiger partial charge in [-0.25, -0.2) is 4.79 Å². The summed E-state index contributed by atoms with van der Waals surface area (Å²) >= 11 is 0. The van der Waals surface area contributed by atoms with E-state index in [4.69, 9.17) is 19.7 Å². The van der Waals surface area contributed by atoms with Gasteiger partial charge in [0.15, 0.2) is 0 Å². The van der Waals surface area contributed by atoms with Gasteiger partial charge in [0, 0.05) is 24.7 Å². The third-order valence-electron chi connectivity index (χ3n) is 3.54. The number of halogens is 3. The number of nitrogens with one attached hydrogen (secondary N) is 1. The largest absolute Gasteiger partial charge is 0.490 e.